The van der Waals surface area contributed by atoms with Crippen molar-refractivity contribution in [2.75, 3.05) is 18.5 Å². The molecule has 1 aromatic rings. The van der Waals surface area contributed by atoms with Crippen LogP contribution in [-0.4, -0.2) is 19.3 Å². The average Bonchev–Trinajstić information content (AvgIpc) is 2.82. The van der Waals surface area contributed by atoms with Gasteiger partial charge in [-0.25, -0.2) is 8.78 Å². The van der Waals surface area contributed by atoms with Crippen LogP contribution in [0.15, 0.2) is 18.2 Å². The van der Waals surface area contributed by atoms with E-state index < -0.39 is 11.6 Å². The van der Waals surface area contributed by atoms with Crippen molar-refractivity contribution < 1.29 is 13.5 Å². The number of hydrogen-bond acceptors (Lipinski definition) is 2. The first kappa shape index (κ1) is 12.3. The Kier molecular flexibility index (Phi) is 3.94. The number of para-hydroxylation sites is 1. The second-order valence-corrected chi connectivity index (χ2v) is 4.38. The number of ether oxygens (including phenoxy) is 1. The molecule has 0 aliphatic carbocycles. The molecule has 0 radical (unpaired) electrons. The van der Waals surface area contributed by atoms with Crippen LogP contribution in [0, 0.1) is 17.6 Å². The molecule has 4 heteroatoms. The summed E-state index contributed by atoms with van der Waals surface area (Å²) in [5, 5.41) is 2.98. The lowest BCUT2D eigenvalue weighted by Gasteiger charge is -2.23. The molecule has 94 valence electrons. The van der Waals surface area contributed by atoms with Crippen LogP contribution in [0.25, 0.3) is 0 Å². The average molecular weight is 241 g/mol. The Labute approximate surface area is 100.0 Å². The minimum atomic E-state index is -0.539. The minimum absolute atomic E-state index is 0.0220. The van der Waals surface area contributed by atoms with Gasteiger partial charge in [0.1, 0.15) is 17.3 Å². The molecule has 1 aliphatic heterocycles. The molecule has 2 rings (SSSR count). The fraction of sp³-hybridized carbons (Fsp3) is 0.538. The zero-order valence-electron chi connectivity index (χ0n) is 9.88. The van der Waals surface area contributed by atoms with Gasteiger partial charge in [0.15, 0.2) is 0 Å². The molecule has 1 N–H and O–H groups in total. The molecule has 1 aromatic carbocycles. The molecule has 2 nitrogen and oxygen atoms in total. The molecule has 1 saturated heterocycles. The Hall–Kier alpha value is -1.16. The number of hydrogen-bond donors (Lipinski definition) is 1. The quantitative estimate of drug-likeness (QED) is 0.874. The van der Waals surface area contributed by atoms with Crippen molar-refractivity contribution in [3.8, 4) is 0 Å². The van der Waals surface area contributed by atoms with Crippen LogP contribution >= 0.6 is 0 Å². The van der Waals surface area contributed by atoms with Crippen molar-refractivity contribution in [1.82, 2.24) is 0 Å². The second kappa shape index (κ2) is 5.45. The van der Waals surface area contributed by atoms with Gasteiger partial charge in [0.05, 0.1) is 6.61 Å². The molecule has 1 aliphatic rings. The van der Waals surface area contributed by atoms with Gasteiger partial charge in [-0.3, -0.25) is 0 Å². The highest BCUT2D eigenvalue weighted by molar-refractivity contribution is 5.47. The van der Waals surface area contributed by atoms with Gasteiger partial charge in [0.2, 0.25) is 0 Å². The molecular formula is C13H17F2NO. The van der Waals surface area contributed by atoms with Gasteiger partial charge in [-0.05, 0) is 25.0 Å². The number of rotatable bonds is 4. The van der Waals surface area contributed by atoms with Crippen LogP contribution in [0.1, 0.15) is 19.8 Å². The van der Waals surface area contributed by atoms with Gasteiger partial charge in [0.25, 0.3) is 0 Å². The number of nitrogens with one attached hydrogen (secondary N) is 1. The lowest BCUT2D eigenvalue weighted by atomic mass is 9.96. The van der Waals surface area contributed by atoms with Crippen LogP contribution < -0.4 is 5.32 Å². The Morgan fingerprint density at radius 2 is 2.12 bits per heavy atom. The molecule has 0 amide bonds. The third kappa shape index (κ3) is 2.75. The van der Waals surface area contributed by atoms with Crippen LogP contribution in [0.5, 0.6) is 0 Å². The van der Waals surface area contributed by atoms with Gasteiger partial charge >= 0.3 is 0 Å². The van der Waals surface area contributed by atoms with Crippen molar-refractivity contribution in [2.24, 2.45) is 5.92 Å². The van der Waals surface area contributed by atoms with Gasteiger partial charge in [0, 0.05) is 18.6 Å². The first-order chi connectivity index (χ1) is 8.22. The summed E-state index contributed by atoms with van der Waals surface area (Å²) in [6.07, 6.45) is 1.77. The van der Waals surface area contributed by atoms with Crippen molar-refractivity contribution in [3.05, 3.63) is 29.8 Å². The smallest absolute Gasteiger partial charge is 0.149 e. The maximum absolute atomic E-state index is 13.5. The predicted octanol–water partition coefficient (Wildman–Crippen LogP) is 3.19. The van der Waals surface area contributed by atoms with Crippen molar-refractivity contribution in [3.63, 3.8) is 0 Å². The topological polar surface area (TPSA) is 21.3 Å². The second-order valence-electron chi connectivity index (χ2n) is 4.38. The Balaban J connectivity index is 2.12. The highest BCUT2D eigenvalue weighted by Crippen LogP contribution is 2.25. The molecule has 1 fully saturated rings. The summed E-state index contributed by atoms with van der Waals surface area (Å²) in [5.74, 6) is -0.747. The Morgan fingerprint density at radius 1 is 1.41 bits per heavy atom. The highest BCUT2D eigenvalue weighted by atomic mass is 19.1. The lowest BCUT2D eigenvalue weighted by Crippen LogP contribution is -2.29. The Bertz CT molecular complexity index is 357. The predicted molar refractivity (Wildman–Crippen MR) is 63.0 cm³/mol. The van der Waals surface area contributed by atoms with Gasteiger partial charge in [-0.2, -0.15) is 0 Å². The fourth-order valence-electron chi connectivity index (χ4n) is 2.24. The van der Waals surface area contributed by atoms with Gasteiger partial charge in [-0.1, -0.05) is 13.0 Å². The summed E-state index contributed by atoms with van der Waals surface area (Å²) >= 11 is 0. The largest absolute Gasteiger partial charge is 0.381 e. The van der Waals surface area contributed by atoms with E-state index in [0.29, 0.717) is 12.5 Å². The van der Waals surface area contributed by atoms with Gasteiger partial charge < -0.3 is 10.1 Å². The van der Waals surface area contributed by atoms with E-state index in [0.717, 1.165) is 19.4 Å². The van der Waals surface area contributed by atoms with Crippen LogP contribution in [0.3, 0.4) is 0 Å². The zero-order valence-corrected chi connectivity index (χ0v) is 9.88. The molecule has 2 atom stereocenters. The summed E-state index contributed by atoms with van der Waals surface area (Å²) in [6.45, 7) is 3.42. The number of anilines is 1. The van der Waals surface area contributed by atoms with E-state index >= 15 is 0 Å². The lowest BCUT2D eigenvalue weighted by molar-refractivity contribution is 0.181. The highest BCUT2D eigenvalue weighted by Gasteiger charge is 2.25. The van der Waals surface area contributed by atoms with Crippen molar-refractivity contribution in [2.45, 2.75) is 25.8 Å². The van der Waals surface area contributed by atoms with E-state index in [4.69, 9.17) is 4.74 Å². The van der Waals surface area contributed by atoms with E-state index in [1.54, 1.807) is 0 Å². The number of halogens is 2. The molecule has 2 unspecified atom stereocenters. The van der Waals surface area contributed by atoms with Gasteiger partial charge in [-0.15, -0.1) is 0 Å². The molecule has 0 saturated carbocycles. The van der Waals surface area contributed by atoms with E-state index in [1.807, 2.05) is 6.92 Å². The third-order valence-electron chi connectivity index (χ3n) is 3.27. The maximum Gasteiger partial charge on any atom is 0.149 e. The summed E-state index contributed by atoms with van der Waals surface area (Å²) in [5.41, 5.74) is -0.0220. The minimum Gasteiger partial charge on any atom is -0.381 e. The van der Waals surface area contributed by atoms with E-state index in [9.17, 15) is 8.78 Å². The summed E-state index contributed by atoms with van der Waals surface area (Å²) in [6, 6.07) is 3.96. The first-order valence-electron chi connectivity index (χ1n) is 6.00. The molecular weight excluding hydrogens is 224 g/mol. The molecule has 1 heterocycles. The fourth-order valence-corrected chi connectivity index (χ4v) is 2.24. The zero-order chi connectivity index (χ0) is 12.3. The number of benzene rings is 1. The Morgan fingerprint density at radius 3 is 2.65 bits per heavy atom. The monoisotopic (exact) mass is 241 g/mol. The van der Waals surface area contributed by atoms with Crippen molar-refractivity contribution >= 4 is 5.69 Å². The standard InChI is InChI=1S/C13H17F2NO/c1-2-12(9-6-7-17-8-9)16-13-10(14)4-3-5-11(13)15/h3-5,9,12,16H,2,6-8H2,1H3. The summed E-state index contributed by atoms with van der Waals surface area (Å²) in [4.78, 5) is 0. The van der Waals surface area contributed by atoms with E-state index in [1.165, 1.54) is 18.2 Å². The summed E-state index contributed by atoms with van der Waals surface area (Å²) in [7, 11) is 0. The third-order valence-corrected chi connectivity index (χ3v) is 3.27. The SMILES string of the molecule is CCC(Nc1c(F)cccc1F)C1CCOC1. The normalized spacial score (nSPS) is 21.5. The first-order valence-corrected chi connectivity index (χ1v) is 6.00. The van der Waals surface area contributed by atoms with E-state index in [-0.39, 0.29) is 11.7 Å². The molecule has 17 heavy (non-hydrogen) atoms. The summed E-state index contributed by atoms with van der Waals surface area (Å²) < 4.78 is 32.3. The van der Waals surface area contributed by atoms with Crippen LogP contribution in [0.2, 0.25) is 0 Å². The maximum atomic E-state index is 13.5. The van der Waals surface area contributed by atoms with Crippen LogP contribution in [-0.2, 0) is 4.74 Å². The molecule has 0 spiro atoms. The van der Waals surface area contributed by atoms with Crippen LogP contribution in [0.4, 0.5) is 14.5 Å². The van der Waals surface area contributed by atoms with E-state index in [2.05, 4.69) is 5.32 Å². The van der Waals surface area contributed by atoms with Crippen molar-refractivity contribution in [1.29, 1.82) is 0 Å². The molecule has 0 bridgehead atoms. The molecule has 0 aromatic heterocycles.